The van der Waals surface area contributed by atoms with Gasteiger partial charge in [0.2, 0.25) is 5.91 Å². The number of benzene rings is 1. The van der Waals surface area contributed by atoms with Gasteiger partial charge in [-0.2, -0.15) is 11.8 Å². The van der Waals surface area contributed by atoms with Gasteiger partial charge in [-0.3, -0.25) is 4.79 Å². The Balaban J connectivity index is 1.67. The molecule has 1 aliphatic rings. The van der Waals surface area contributed by atoms with Crippen molar-refractivity contribution in [2.24, 2.45) is 0 Å². The van der Waals surface area contributed by atoms with E-state index in [2.05, 4.69) is 5.32 Å². The standard InChI is InChI=1S/C15H19ClFNO2S/c16-13-2-1-3-14(17)12(13)10-15(19)18-6-9-21-11-4-7-20-8-5-11/h1-3,11H,4-10H2,(H,18,19). The van der Waals surface area contributed by atoms with Gasteiger partial charge in [0.05, 0.1) is 6.42 Å². The molecule has 0 aliphatic carbocycles. The van der Waals surface area contributed by atoms with Gasteiger partial charge in [0.15, 0.2) is 0 Å². The molecule has 1 aromatic carbocycles. The molecule has 21 heavy (non-hydrogen) atoms. The second kappa shape index (κ2) is 8.61. The molecule has 1 N–H and O–H groups in total. The van der Waals surface area contributed by atoms with Gasteiger partial charge in [-0.25, -0.2) is 4.39 Å². The van der Waals surface area contributed by atoms with E-state index >= 15 is 0 Å². The van der Waals surface area contributed by atoms with Gasteiger partial charge in [0, 0.05) is 41.3 Å². The van der Waals surface area contributed by atoms with Crippen LogP contribution in [0, 0.1) is 5.82 Å². The second-order valence-corrected chi connectivity index (χ2v) is 6.72. The first-order chi connectivity index (χ1) is 10.2. The predicted octanol–water partition coefficient (Wildman–Crippen LogP) is 3.05. The fourth-order valence-corrected chi connectivity index (χ4v) is 3.49. The number of carbonyl (C=O) groups excluding carboxylic acids is 1. The third-order valence-electron chi connectivity index (χ3n) is 3.35. The number of thioether (sulfide) groups is 1. The van der Waals surface area contributed by atoms with Crippen molar-refractivity contribution in [2.75, 3.05) is 25.5 Å². The van der Waals surface area contributed by atoms with Crippen molar-refractivity contribution in [1.29, 1.82) is 0 Å². The minimum absolute atomic E-state index is 0.0204. The monoisotopic (exact) mass is 331 g/mol. The smallest absolute Gasteiger partial charge is 0.224 e. The third kappa shape index (κ3) is 5.49. The molecule has 1 heterocycles. The van der Waals surface area contributed by atoms with Gasteiger partial charge in [-0.15, -0.1) is 0 Å². The van der Waals surface area contributed by atoms with Crippen LogP contribution < -0.4 is 5.32 Å². The van der Waals surface area contributed by atoms with Gasteiger partial charge < -0.3 is 10.1 Å². The number of hydrogen-bond acceptors (Lipinski definition) is 3. The van der Waals surface area contributed by atoms with E-state index in [1.54, 1.807) is 6.07 Å². The van der Waals surface area contributed by atoms with E-state index in [1.807, 2.05) is 11.8 Å². The molecule has 0 aromatic heterocycles. The van der Waals surface area contributed by atoms with Crippen LogP contribution in [0.1, 0.15) is 18.4 Å². The number of ether oxygens (including phenoxy) is 1. The highest BCUT2D eigenvalue weighted by molar-refractivity contribution is 7.99. The molecule has 1 fully saturated rings. The summed E-state index contributed by atoms with van der Waals surface area (Å²) in [4.78, 5) is 11.8. The Labute approximate surface area is 133 Å². The van der Waals surface area contributed by atoms with Crippen molar-refractivity contribution >= 4 is 29.3 Å². The lowest BCUT2D eigenvalue weighted by atomic mass is 10.1. The van der Waals surface area contributed by atoms with Crippen molar-refractivity contribution in [2.45, 2.75) is 24.5 Å². The number of hydrogen-bond donors (Lipinski definition) is 1. The minimum atomic E-state index is -0.436. The molecule has 1 amide bonds. The molecule has 0 spiro atoms. The summed E-state index contributed by atoms with van der Waals surface area (Å²) in [5.41, 5.74) is 0.258. The van der Waals surface area contributed by atoms with E-state index in [0.29, 0.717) is 16.8 Å². The maximum Gasteiger partial charge on any atom is 0.224 e. The number of amides is 1. The Morgan fingerprint density at radius 1 is 1.43 bits per heavy atom. The van der Waals surface area contributed by atoms with Crippen LogP contribution in [0.2, 0.25) is 5.02 Å². The van der Waals surface area contributed by atoms with E-state index in [4.69, 9.17) is 16.3 Å². The summed E-state index contributed by atoms with van der Waals surface area (Å²) >= 11 is 7.76. The minimum Gasteiger partial charge on any atom is -0.381 e. The molecule has 1 saturated heterocycles. The highest BCUT2D eigenvalue weighted by Gasteiger charge is 2.14. The van der Waals surface area contributed by atoms with Crippen LogP contribution in [0.4, 0.5) is 4.39 Å². The van der Waals surface area contributed by atoms with Crippen LogP contribution in [-0.2, 0) is 16.0 Å². The Bertz CT molecular complexity index is 460. The molecule has 0 unspecified atom stereocenters. The fraction of sp³-hybridized carbons (Fsp3) is 0.533. The number of halogens is 2. The Morgan fingerprint density at radius 3 is 2.90 bits per heavy atom. The summed E-state index contributed by atoms with van der Waals surface area (Å²) in [6.45, 7) is 2.25. The molecule has 6 heteroatoms. The molecule has 0 atom stereocenters. The quantitative estimate of drug-likeness (QED) is 0.814. The molecule has 3 nitrogen and oxygen atoms in total. The molecule has 0 radical (unpaired) electrons. The van der Waals surface area contributed by atoms with Crippen molar-refractivity contribution in [3.63, 3.8) is 0 Å². The average Bonchev–Trinajstić information content (AvgIpc) is 2.49. The van der Waals surface area contributed by atoms with Crippen LogP contribution in [-0.4, -0.2) is 36.7 Å². The molecule has 0 saturated carbocycles. The zero-order chi connectivity index (χ0) is 15.1. The molecular weight excluding hydrogens is 313 g/mol. The van der Waals surface area contributed by atoms with E-state index in [1.165, 1.54) is 12.1 Å². The topological polar surface area (TPSA) is 38.3 Å². The van der Waals surface area contributed by atoms with E-state index in [9.17, 15) is 9.18 Å². The molecule has 1 aliphatic heterocycles. The molecular formula is C15H19ClFNO2S. The normalized spacial score (nSPS) is 15.9. The van der Waals surface area contributed by atoms with Gasteiger partial charge in [0.25, 0.3) is 0 Å². The van der Waals surface area contributed by atoms with Crippen LogP contribution in [0.5, 0.6) is 0 Å². The van der Waals surface area contributed by atoms with Crippen molar-refractivity contribution in [1.82, 2.24) is 5.32 Å². The first kappa shape index (κ1) is 16.6. The Hall–Kier alpha value is -0.780. The second-order valence-electron chi connectivity index (χ2n) is 4.91. The highest BCUT2D eigenvalue weighted by Crippen LogP contribution is 2.21. The number of rotatable bonds is 6. The van der Waals surface area contributed by atoms with E-state index < -0.39 is 5.82 Å². The lowest BCUT2D eigenvalue weighted by Crippen LogP contribution is -2.28. The molecule has 1 aromatic rings. The highest BCUT2D eigenvalue weighted by atomic mass is 35.5. The molecule has 0 bridgehead atoms. The summed E-state index contributed by atoms with van der Waals surface area (Å²) in [5.74, 6) is 0.227. The van der Waals surface area contributed by atoms with E-state index in [0.717, 1.165) is 31.8 Å². The van der Waals surface area contributed by atoms with E-state index in [-0.39, 0.29) is 17.9 Å². The summed E-state index contributed by atoms with van der Waals surface area (Å²) in [6, 6.07) is 4.44. The van der Waals surface area contributed by atoms with Crippen LogP contribution in [0.25, 0.3) is 0 Å². The van der Waals surface area contributed by atoms with Gasteiger partial charge in [-0.05, 0) is 25.0 Å². The predicted molar refractivity (Wildman–Crippen MR) is 84.4 cm³/mol. The summed E-state index contributed by atoms with van der Waals surface area (Å²) < 4.78 is 18.9. The number of carbonyl (C=O) groups is 1. The summed E-state index contributed by atoms with van der Waals surface area (Å²) in [6.07, 6.45) is 2.13. The van der Waals surface area contributed by atoms with Crippen molar-refractivity contribution in [3.8, 4) is 0 Å². The van der Waals surface area contributed by atoms with Crippen LogP contribution in [0.15, 0.2) is 18.2 Å². The fourth-order valence-electron chi connectivity index (χ4n) is 2.18. The third-order valence-corrected chi connectivity index (χ3v) is 5.08. The Kier molecular flexibility index (Phi) is 6.80. The Morgan fingerprint density at radius 2 is 2.19 bits per heavy atom. The number of nitrogens with one attached hydrogen (secondary N) is 1. The zero-order valence-corrected chi connectivity index (χ0v) is 13.3. The first-order valence-electron chi connectivity index (χ1n) is 7.05. The lowest BCUT2D eigenvalue weighted by Gasteiger charge is -2.21. The average molecular weight is 332 g/mol. The molecule has 116 valence electrons. The van der Waals surface area contributed by atoms with Gasteiger partial charge in [-0.1, -0.05) is 17.7 Å². The molecule has 2 rings (SSSR count). The van der Waals surface area contributed by atoms with Crippen molar-refractivity contribution in [3.05, 3.63) is 34.6 Å². The first-order valence-corrected chi connectivity index (χ1v) is 8.48. The van der Waals surface area contributed by atoms with Crippen LogP contribution >= 0.6 is 23.4 Å². The largest absolute Gasteiger partial charge is 0.381 e. The summed E-state index contributed by atoms with van der Waals surface area (Å²) in [7, 11) is 0. The maximum atomic E-state index is 13.6. The van der Waals surface area contributed by atoms with Crippen molar-refractivity contribution < 1.29 is 13.9 Å². The van der Waals surface area contributed by atoms with Gasteiger partial charge >= 0.3 is 0 Å². The summed E-state index contributed by atoms with van der Waals surface area (Å²) in [5, 5.41) is 3.72. The van der Waals surface area contributed by atoms with Crippen LogP contribution in [0.3, 0.4) is 0 Å². The zero-order valence-electron chi connectivity index (χ0n) is 11.7. The lowest BCUT2D eigenvalue weighted by molar-refractivity contribution is -0.120. The SMILES string of the molecule is O=C(Cc1c(F)cccc1Cl)NCCSC1CCOCC1. The maximum absolute atomic E-state index is 13.6. The van der Waals surface area contributed by atoms with Gasteiger partial charge in [0.1, 0.15) is 5.82 Å².